The third-order valence-corrected chi connectivity index (χ3v) is 4.89. The van der Waals surface area contributed by atoms with Crippen LogP contribution in [0, 0.1) is 20.8 Å². The molecular formula is C18H18N2O2S. The van der Waals surface area contributed by atoms with Gasteiger partial charge in [-0.25, -0.2) is 4.98 Å². The molecule has 0 aliphatic carbocycles. The number of ether oxygens (including phenoxy) is 1. The van der Waals surface area contributed by atoms with Crippen molar-refractivity contribution in [2.75, 3.05) is 12.4 Å². The molecule has 0 saturated heterocycles. The Morgan fingerprint density at radius 1 is 1.13 bits per heavy atom. The van der Waals surface area contributed by atoms with Crippen molar-refractivity contribution in [1.29, 1.82) is 0 Å². The number of methoxy groups -OCH3 is 1. The van der Waals surface area contributed by atoms with Crippen LogP contribution in [0.1, 0.15) is 27.0 Å². The lowest BCUT2D eigenvalue weighted by atomic mass is 10.1. The first-order chi connectivity index (χ1) is 11.0. The monoisotopic (exact) mass is 326 g/mol. The molecule has 4 nitrogen and oxygen atoms in total. The Morgan fingerprint density at radius 3 is 2.61 bits per heavy atom. The van der Waals surface area contributed by atoms with Crippen LogP contribution in [-0.4, -0.2) is 18.0 Å². The van der Waals surface area contributed by atoms with Gasteiger partial charge in [0.1, 0.15) is 11.3 Å². The summed E-state index contributed by atoms with van der Waals surface area (Å²) in [7, 11) is 1.62. The minimum Gasteiger partial charge on any atom is -0.494 e. The second kappa shape index (κ2) is 6.01. The number of carbonyl (C=O) groups is 1. The maximum atomic E-state index is 12.5. The highest BCUT2D eigenvalue weighted by Gasteiger charge is 2.15. The van der Waals surface area contributed by atoms with Crippen molar-refractivity contribution in [1.82, 2.24) is 4.98 Å². The standard InChI is InChI=1S/C18H18N2O2S/c1-10-5-6-11(2)13(9-10)17(21)20-18-19-15-14(22-4)8-7-12(3)16(15)23-18/h5-9H,1-4H3,(H,19,20,21). The molecule has 3 aromatic rings. The molecule has 5 heteroatoms. The largest absolute Gasteiger partial charge is 0.494 e. The number of rotatable bonds is 3. The highest BCUT2D eigenvalue weighted by molar-refractivity contribution is 7.22. The lowest BCUT2D eigenvalue weighted by Crippen LogP contribution is -2.13. The summed E-state index contributed by atoms with van der Waals surface area (Å²) in [5.74, 6) is 0.580. The van der Waals surface area contributed by atoms with Crippen molar-refractivity contribution in [2.24, 2.45) is 0 Å². The number of nitrogens with zero attached hydrogens (tertiary/aromatic N) is 1. The molecule has 0 unspecified atom stereocenters. The van der Waals surface area contributed by atoms with E-state index in [0.717, 1.165) is 26.9 Å². The molecule has 1 heterocycles. The molecule has 0 aliphatic rings. The Balaban J connectivity index is 1.97. The van der Waals surface area contributed by atoms with E-state index in [1.54, 1.807) is 7.11 Å². The fourth-order valence-electron chi connectivity index (χ4n) is 2.47. The maximum absolute atomic E-state index is 12.5. The first-order valence-electron chi connectivity index (χ1n) is 7.32. The highest BCUT2D eigenvalue weighted by Crippen LogP contribution is 2.34. The molecule has 23 heavy (non-hydrogen) atoms. The molecule has 0 bridgehead atoms. The van der Waals surface area contributed by atoms with Crippen molar-refractivity contribution in [2.45, 2.75) is 20.8 Å². The number of aromatic nitrogens is 1. The molecular weight excluding hydrogens is 308 g/mol. The molecule has 0 aliphatic heterocycles. The van der Waals surface area contributed by atoms with Gasteiger partial charge in [-0.15, -0.1) is 0 Å². The van der Waals surface area contributed by atoms with Gasteiger partial charge in [-0.05, 0) is 44.0 Å². The molecule has 0 atom stereocenters. The Hall–Kier alpha value is -2.40. The highest BCUT2D eigenvalue weighted by atomic mass is 32.1. The zero-order chi connectivity index (χ0) is 16.6. The first kappa shape index (κ1) is 15.5. The van der Waals surface area contributed by atoms with Crippen LogP contribution in [0.3, 0.4) is 0 Å². The van der Waals surface area contributed by atoms with E-state index >= 15 is 0 Å². The molecule has 1 N–H and O–H groups in total. The van der Waals surface area contributed by atoms with Crippen LogP contribution in [0.5, 0.6) is 5.75 Å². The van der Waals surface area contributed by atoms with Gasteiger partial charge in [-0.3, -0.25) is 10.1 Å². The topological polar surface area (TPSA) is 51.2 Å². The van der Waals surface area contributed by atoms with Crippen molar-refractivity contribution < 1.29 is 9.53 Å². The Bertz CT molecular complexity index is 899. The van der Waals surface area contributed by atoms with Gasteiger partial charge < -0.3 is 4.74 Å². The van der Waals surface area contributed by atoms with Crippen LogP contribution < -0.4 is 10.1 Å². The summed E-state index contributed by atoms with van der Waals surface area (Å²) in [5, 5.41) is 3.49. The minimum absolute atomic E-state index is 0.137. The fourth-order valence-corrected chi connectivity index (χ4v) is 3.42. The summed E-state index contributed by atoms with van der Waals surface area (Å²) in [6, 6.07) is 9.74. The summed E-state index contributed by atoms with van der Waals surface area (Å²) >= 11 is 1.46. The summed E-state index contributed by atoms with van der Waals surface area (Å²) in [5.41, 5.74) is 4.58. The minimum atomic E-state index is -0.137. The quantitative estimate of drug-likeness (QED) is 0.772. The Labute approximate surface area is 139 Å². The molecule has 1 aromatic heterocycles. The van der Waals surface area contributed by atoms with Gasteiger partial charge >= 0.3 is 0 Å². The Morgan fingerprint density at radius 2 is 1.87 bits per heavy atom. The van der Waals surface area contributed by atoms with E-state index in [4.69, 9.17) is 4.74 Å². The summed E-state index contributed by atoms with van der Waals surface area (Å²) in [6.45, 7) is 5.93. The van der Waals surface area contributed by atoms with Crippen LogP contribution in [0.4, 0.5) is 5.13 Å². The van der Waals surface area contributed by atoms with E-state index in [1.165, 1.54) is 11.3 Å². The number of benzene rings is 2. The van der Waals surface area contributed by atoms with Gasteiger partial charge in [-0.1, -0.05) is 35.1 Å². The van der Waals surface area contributed by atoms with Gasteiger partial charge in [0.05, 0.1) is 11.8 Å². The normalized spacial score (nSPS) is 10.8. The summed E-state index contributed by atoms with van der Waals surface area (Å²) < 4.78 is 6.38. The van der Waals surface area contributed by atoms with E-state index in [1.807, 2.05) is 51.1 Å². The number of aryl methyl sites for hydroxylation is 3. The molecule has 3 rings (SSSR count). The molecule has 118 valence electrons. The third-order valence-electron chi connectivity index (χ3n) is 3.78. The number of nitrogens with one attached hydrogen (secondary N) is 1. The molecule has 1 amide bonds. The molecule has 0 radical (unpaired) electrons. The van der Waals surface area contributed by atoms with Gasteiger partial charge in [-0.2, -0.15) is 0 Å². The lowest BCUT2D eigenvalue weighted by molar-refractivity contribution is 0.102. The van der Waals surface area contributed by atoms with Crippen LogP contribution in [0.25, 0.3) is 10.2 Å². The van der Waals surface area contributed by atoms with Gasteiger partial charge in [0.2, 0.25) is 0 Å². The van der Waals surface area contributed by atoms with Gasteiger partial charge in [0, 0.05) is 5.56 Å². The third kappa shape index (κ3) is 2.92. The average Bonchev–Trinajstić information content (AvgIpc) is 2.94. The lowest BCUT2D eigenvalue weighted by Gasteiger charge is -2.06. The van der Waals surface area contributed by atoms with E-state index in [-0.39, 0.29) is 5.91 Å². The van der Waals surface area contributed by atoms with Crippen molar-refractivity contribution in [3.63, 3.8) is 0 Å². The van der Waals surface area contributed by atoms with Crippen molar-refractivity contribution in [3.8, 4) is 5.75 Å². The smallest absolute Gasteiger partial charge is 0.257 e. The predicted octanol–water partition coefficient (Wildman–Crippen LogP) is 4.48. The number of thiazole rings is 1. The number of hydrogen-bond donors (Lipinski definition) is 1. The molecule has 2 aromatic carbocycles. The zero-order valence-electron chi connectivity index (χ0n) is 13.6. The number of hydrogen-bond acceptors (Lipinski definition) is 4. The predicted molar refractivity (Wildman–Crippen MR) is 94.8 cm³/mol. The van der Waals surface area contributed by atoms with E-state index in [9.17, 15) is 4.79 Å². The summed E-state index contributed by atoms with van der Waals surface area (Å²) in [4.78, 5) is 17.1. The second-order valence-corrected chi connectivity index (χ2v) is 6.55. The summed E-state index contributed by atoms with van der Waals surface area (Å²) in [6.07, 6.45) is 0. The van der Waals surface area contributed by atoms with Crippen LogP contribution in [0.2, 0.25) is 0 Å². The average molecular weight is 326 g/mol. The number of fused-ring (bicyclic) bond motifs is 1. The van der Waals surface area contributed by atoms with Crippen LogP contribution in [-0.2, 0) is 0 Å². The van der Waals surface area contributed by atoms with Gasteiger partial charge in [0.15, 0.2) is 5.13 Å². The van der Waals surface area contributed by atoms with E-state index < -0.39 is 0 Å². The number of carbonyl (C=O) groups excluding carboxylic acids is 1. The maximum Gasteiger partial charge on any atom is 0.257 e. The fraction of sp³-hybridized carbons (Fsp3) is 0.222. The first-order valence-corrected chi connectivity index (χ1v) is 8.14. The van der Waals surface area contributed by atoms with Crippen LogP contribution >= 0.6 is 11.3 Å². The van der Waals surface area contributed by atoms with Crippen molar-refractivity contribution in [3.05, 3.63) is 52.6 Å². The van der Waals surface area contributed by atoms with Crippen LogP contribution in [0.15, 0.2) is 30.3 Å². The number of anilines is 1. The number of amides is 1. The molecule has 0 spiro atoms. The zero-order valence-corrected chi connectivity index (χ0v) is 14.4. The Kier molecular flexibility index (Phi) is 4.05. The SMILES string of the molecule is COc1ccc(C)c2sc(NC(=O)c3cc(C)ccc3C)nc12. The molecule has 0 saturated carbocycles. The molecule has 0 fully saturated rings. The van der Waals surface area contributed by atoms with Gasteiger partial charge in [0.25, 0.3) is 5.91 Å². The van der Waals surface area contributed by atoms with E-state index in [2.05, 4.69) is 10.3 Å². The second-order valence-electron chi connectivity index (χ2n) is 5.55. The van der Waals surface area contributed by atoms with Crippen molar-refractivity contribution >= 4 is 32.6 Å². The van der Waals surface area contributed by atoms with E-state index in [0.29, 0.717) is 16.4 Å².